The molecule has 1 aromatic rings. The lowest BCUT2D eigenvalue weighted by molar-refractivity contribution is -0.0789. The van der Waals surface area contributed by atoms with Gasteiger partial charge in [-0.15, -0.1) is 0 Å². The molecule has 2 fully saturated rings. The second-order valence-electron chi connectivity index (χ2n) is 5.60. The second kappa shape index (κ2) is 4.79. The fourth-order valence-corrected chi connectivity index (χ4v) is 3.21. The maximum atomic E-state index is 5.68. The van der Waals surface area contributed by atoms with E-state index >= 15 is 0 Å². The maximum absolute atomic E-state index is 5.68. The molecule has 2 atom stereocenters. The Bertz CT molecular complexity index is 350. The third-order valence-electron chi connectivity index (χ3n) is 4.39. The van der Waals surface area contributed by atoms with Crippen LogP contribution in [0.15, 0.2) is 30.3 Å². The summed E-state index contributed by atoms with van der Waals surface area (Å²) in [5.74, 6) is 2.33. The van der Waals surface area contributed by atoms with Gasteiger partial charge in [0.15, 0.2) is 0 Å². The van der Waals surface area contributed by atoms with E-state index in [0.29, 0.717) is 0 Å². The normalized spacial score (nSPS) is 33.6. The first-order valence-electron chi connectivity index (χ1n) is 6.67. The molecule has 2 heteroatoms. The number of nitrogens with zero attached hydrogens (tertiary/aromatic N) is 1. The Balaban J connectivity index is 1.66. The standard InChI is InChI=1S/C15H21NO/c1-12-14-8-16(9-15(12)11-17-10-14)7-13-5-3-2-4-6-13/h2-6,12,14-15H,7-11H2,1H3. The lowest BCUT2D eigenvalue weighted by atomic mass is 9.78. The molecule has 0 aromatic heterocycles. The summed E-state index contributed by atoms with van der Waals surface area (Å²) in [7, 11) is 0. The Morgan fingerprint density at radius 2 is 1.76 bits per heavy atom. The first-order valence-corrected chi connectivity index (χ1v) is 6.67. The van der Waals surface area contributed by atoms with Crippen molar-refractivity contribution in [2.24, 2.45) is 17.8 Å². The highest BCUT2D eigenvalue weighted by Gasteiger charge is 2.37. The smallest absolute Gasteiger partial charge is 0.0509 e. The first-order chi connectivity index (χ1) is 8.33. The monoisotopic (exact) mass is 231 g/mol. The molecule has 0 N–H and O–H groups in total. The molecule has 3 rings (SSSR count). The van der Waals surface area contributed by atoms with Crippen molar-refractivity contribution in [1.29, 1.82) is 0 Å². The Kier molecular flexibility index (Phi) is 3.17. The summed E-state index contributed by atoms with van der Waals surface area (Å²) >= 11 is 0. The van der Waals surface area contributed by atoms with Crippen LogP contribution in [-0.2, 0) is 11.3 Å². The van der Waals surface area contributed by atoms with Gasteiger partial charge in [-0.2, -0.15) is 0 Å². The van der Waals surface area contributed by atoms with E-state index in [1.54, 1.807) is 0 Å². The zero-order chi connectivity index (χ0) is 11.7. The molecule has 2 aliphatic heterocycles. The fourth-order valence-electron chi connectivity index (χ4n) is 3.21. The highest BCUT2D eigenvalue weighted by atomic mass is 16.5. The van der Waals surface area contributed by atoms with E-state index in [1.165, 1.54) is 18.7 Å². The van der Waals surface area contributed by atoms with E-state index in [4.69, 9.17) is 4.74 Å². The molecule has 0 radical (unpaired) electrons. The minimum absolute atomic E-state index is 0.742. The number of benzene rings is 1. The number of hydrogen-bond acceptors (Lipinski definition) is 2. The van der Waals surface area contributed by atoms with Gasteiger partial charge in [0.1, 0.15) is 0 Å². The van der Waals surface area contributed by atoms with Crippen molar-refractivity contribution in [2.75, 3.05) is 26.3 Å². The van der Waals surface area contributed by atoms with Gasteiger partial charge in [0.25, 0.3) is 0 Å². The predicted octanol–water partition coefficient (Wildman–Crippen LogP) is 2.40. The summed E-state index contributed by atoms with van der Waals surface area (Å²) in [6.45, 7) is 7.82. The molecule has 1 aromatic carbocycles. The van der Waals surface area contributed by atoms with Gasteiger partial charge in [0.05, 0.1) is 13.2 Å². The fraction of sp³-hybridized carbons (Fsp3) is 0.600. The van der Waals surface area contributed by atoms with Crippen LogP contribution in [0.3, 0.4) is 0 Å². The minimum Gasteiger partial charge on any atom is -0.381 e. The van der Waals surface area contributed by atoms with Crippen LogP contribution in [0.5, 0.6) is 0 Å². The molecule has 0 amide bonds. The highest BCUT2D eigenvalue weighted by molar-refractivity contribution is 5.14. The van der Waals surface area contributed by atoms with E-state index in [2.05, 4.69) is 42.2 Å². The zero-order valence-corrected chi connectivity index (χ0v) is 10.5. The molecule has 0 saturated carbocycles. The number of hydrogen-bond donors (Lipinski definition) is 0. The Hall–Kier alpha value is -0.860. The van der Waals surface area contributed by atoms with Crippen LogP contribution in [0.1, 0.15) is 12.5 Å². The van der Waals surface area contributed by atoms with Crippen molar-refractivity contribution in [3.05, 3.63) is 35.9 Å². The van der Waals surface area contributed by atoms with Gasteiger partial charge in [-0.25, -0.2) is 0 Å². The van der Waals surface area contributed by atoms with E-state index < -0.39 is 0 Å². The number of ether oxygens (including phenoxy) is 1. The lowest BCUT2D eigenvalue weighted by Gasteiger charge is -2.45. The largest absolute Gasteiger partial charge is 0.381 e. The van der Waals surface area contributed by atoms with Gasteiger partial charge in [-0.05, 0) is 23.3 Å². The lowest BCUT2D eigenvalue weighted by Crippen LogP contribution is -2.51. The van der Waals surface area contributed by atoms with Crippen LogP contribution in [0.25, 0.3) is 0 Å². The summed E-state index contributed by atoms with van der Waals surface area (Å²) in [6.07, 6.45) is 0. The first kappa shape index (κ1) is 11.2. The van der Waals surface area contributed by atoms with Gasteiger partial charge in [0.2, 0.25) is 0 Å². The van der Waals surface area contributed by atoms with Crippen molar-refractivity contribution in [2.45, 2.75) is 13.5 Å². The molecule has 0 aliphatic carbocycles. The zero-order valence-electron chi connectivity index (χ0n) is 10.5. The van der Waals surface area contributed by atoms with Gasteiger partial charge in [0, 0.05) is 19.6 Å². The predicted molar refractivity (Wildman–Crippen MR) is 68.7 cm³/mol. The van der Waals surface area contributed by atoms with Gasteiger partial charge in [-0.3, -0.25) is 4.90 Å². The van der Waals surface area contributed by atoms with Crippen LogP contribution in [0.2, 0.25) is 0 Å². The number of piperidine rings is 1. The van der Waals surface area contributed by atoms with Crippen molar-refractivity contribution in [3.63, 3.8) is 0 Å². The SMILES string of the molecule is CC1C2COCC1CN(Cc1ccccc1)C2. The molecule has 2 unspecified atom stereocenters. The molecule has 2 heterocycles. The molecule has 92 valence electrons. The topological polar surface area (TPSA) is 12.5 Å². The van der Waals surface area contributed by atoms with Crippen molar-refractivity contribution in [3.8, 4) is 0 Å². The summed E-state index contributed by atoms with van der Waals surface area (Å²) < 4.78 is 5.68. The van der Waals surface area contributed by atoms with Crippen molar-refractivity contribution >= 4 is 0 Å². The summed E-state index contributed by atoms with van der Waals surface area (Å²) in [5, 5.41) is 0. The van der Waals surface area contributed by atoms with Crippen LogP contribution in [0.4, 0.5) is 0 Å². The quantitative estimate of drug-likeness (QED) is 0.775. The number of rotatable bonds is 2. The van der Waals surface area contributed by atoms with E-state index in [0.717, 1.165) is 37.5 Å². The molecular formula is C15H21NO. The van der Waals surface area contributed by atoms with Crippen LogP contribution < -0.4 is 0 Å². The molecule has 2 saturated heterocycles. The molecule has 2 aliphatic rings. The molecule has 17 heavy (non-hydrogen) atoms. The third kappa shape index (κ3) is 2.38. The van der Waals surface area contributed by atoms with Crippen LogP contribution in [-0.4, -0.2) is 31.2 Å². The Labute approximate surface area is 104 Å². The minimum atomic E-state index is 0.742. The third-order valence-corrected chi connectivity index (χ3v) is 4.39. The van der Waals surface area contributed by atoms with Gasteiger partial charge < -0.3 is 4.74 Å². The van der Waals surface area contributed by atoms with E-state index in [9.17, 15) is 0 Å². The van der Waals surface area contributed by atoms with Gasteiger partial charge in [-0.1, -0.05) is 37.3 Å². The highest BCUT2D eigenvalue weighted by Crippen LogP contribution is 2.33. The van der Waals surface area contributed by atoms with E-state index in [1.807, 2.05) is 0 Å². The average molecular weight is 231 g/mol. The van der Waals surface area contributed by atoms with Crippen molar-refractivity contribution in [1.82, 2.24) is 4.90 Å². The summed E-state index contributed by atoms with van der Waals surface area (Å²) in [4.78, 5) is 2.60. The molecule has 2 nitrogen and oxygen atoms in total. The number of fused-ring (bicyclic) bond motifs is 2. The average Bonchev–Trinajstić information content (AvgIpc) is 2.32. The Morgan fingerprint density at radius 3 is 2.41 bits per heavy atom. The molecule has 2 bridgehead atoms. The van der Waals surface area contributed by atoms with Crippen LogP contribution >= 0.6 is 0 Å². The number of likely N-dealkylation sites (tertiary alicyclic amines) is 1. The second-order valence-corrected chi connectivity index (χ2v) is 5.60. The Morgan fingerprint density at radius 1 is 1.12 bits per heavy atom. The summed E-state index contributed by atoms with van der Waals surface area (Å²) in [5.41, 5.74) is 1.43. The van der Waals surface area contributed by atoms with E-state index in [-0.39, 0.29) is 0 Å². The van der Waals surface area contributed by atoms with Gasteiger partial charge >= 0.3 is 0 Å². The van der Waals surface area contributed by atoms with Crippen LogP contribution in [0, 0.1) is 17.8 Å². The molecular weight excluding hydrogens is 210 g/mol. The molecule has 0 spiro atoms. The maximum Gasteiger partial charge on any atom is 0.0509 e. The van der Waals surface area contributed by atoms with Crippen molar-refractivity contribution < 1.29 is 4.74 Å². The summed E-state index contributed by atoms with van der Waals surface area (Å²) in [6, 6.07) is 10.8.